The van der Waals surface area contributed by atoms with Crippen molar-refractivity contribution in [3.05, 3.63) is 28.2 Å². The molecule has 3 nitrogen and oxygen atoms in total. The minimum absolute atomic E-state index is 0.0908. The standard InChI is InChI=1S/C13H14BrNO2/c1-16-12-5-4-10(14)7-11(12)13-9(8-15)3-2-6-17-13/h4-5,7,9,13H,2-3,6H2,1H3. The molecule has 1 aliphatic rings. The summed E-state index contributed by atoms with van der Waals surface area (Å²) in [7, 11) is 1.64. The van der Waals surface area contributed by atoms with Gasteiger partial charge in [0.2, 0.25) is 0 Å². The summed E-state index contributed by atoms with van der Waals surface area (Å²) in [6.07, 6.45) is 1.66. The summed E-state index contributed by atoms with van der Waals surface area (Å²) in [6.45, 7) is 0.707. The number of benzene rings is 1. The van der Waals surface area contributed by atoms with Gasteiger partial charge in [0, 0.05) is 16.6 Å². The molecule has 2 unspecified atom stereocenters. The highest BCUT2D eigenvalue weighted by atomic mass is 79.9. The highest BCUT2D eigenvalue weighted by molar-refractivity contribution is 9.10. The van der Waals surface area contributed by atoms with Crippen molar-refractivity contribution in [2.45, 2.75) is 18.9 Å². The Morgan fingerprint density at radius 3 is 3.06 bits per heavy atom. The van der Waals surface area contributed by atoms with Gasteiger partial charge in [0.25, 0.3) is 0 Å². The molecule has 0 spiro atoms. The van der Waals surface area contributed by atoms with Crippen LogP contribution in [-0.2, 0) is 4.74 Å². The minimum Gasteiger partial charge on any atom is -0.496 e. The van der Waals surface area contributed by atoms with Crippen molar-refractivity contribution in [2.75, 3.05) is 13.7 Å². The van der Waals surface area contributed by atoms with E-state index >= 15 is 0 Å². The number of halogens is 1. The average Bonchev–Trinajstić information content (AvgIpc) is 2.38. The van der Waals surface area contributed by atoms with E-state index in [9.17, 15) is 5.26 Å². The van der Waals surface area contributed by atoms with Gasteiger partial charge < -0.3 is 9.47 Å². The zero-order chi connectivity index (χ0) is 12.3. The molecule has 4 heteroatoms. The van der Waals surface area contributed by atoms with Gasteiger partial charge in [-0.1, -0.05) is 15.9 Å². The van der Waals surface area contributed by atoms with Crippen molar-refractivity contribution < 1.29 is 9.47 Å². The first kappa shape index (κ1) is 12.4. The molecule has 0 saturated carbocycles. The summed E-state index contributed by atoms with van der Waals surface area (Å²) >= 11 is 3.44. The van der Waals surface area contributed by atoms with E-state index in [-0.39, 0.29) is 12.0 Å². The number of hydrogen-bond donors (Lipinski definition) is 0. The molecule has 0 radical (unpaired) electrons. The third-order valence-corrected chi connectivity index (χ3v) is 3.48. The Balaban J connectivity index is 2.37. The zero-order valence-electron chi connectivity index (χ0n) is 9.65. The van der Waals surface area contributed by atoms with E-state index in [1.807, 2.05) is 18.2 Å². The van der Waals surface area contributed by atoms with Crippen LogP contribution in [0.3, 0.4) is 0 Å². The number of ether oxygens (including phenoxy) is 2. The molecular weight excluding hydrogens is 282 g/mol. The highest BCUT2D eigenvalue weighted by Crippen LogP contribution is 2.38. The number of nitriles is 1. The minimum atomic E-state index is -0.179. The number of nitrogens with zero attached hydrogens (tertiary/aromatic N) is 1. The molecular formula is C13H14BrNO2. The molecule has 17 heavy (non-hydrogen) atoms. The molecule has 1 saturated heterocycles. The molecule has 0 amide bonds. The highest BCUT2D eigenvalue weighted by Gasteiger charge is 2.29. The lowest BCUT2D eigenvalue weighted by atomic mass is 9.90. The van der Waals surface area contributed by atoms with Gasteiger partial charge in [0.05, 0.1) is 19.1 Å². The summed E-state index contributed by atoms with van der Waals surface area (Å²) in [6, 6.07) is 8.12. The van der Waals surface area contributed by atoms with Crippen molar-refractivity contribution in [2.24, 2.45) is 5.92 Å². The number of rotatable bonds is 2. The summed E-state index contributed by atoms with van der Waals surface area (Å²) in [5.41, 5.74) is 0.952. The molecule has 1 heterocycles. The first-order valence-electron chi connectivity index (χ1n) is 5.61. The average molecular weight is 296 g/mol. The van der Waals surface area contributed by atoms with Crippen LogP contribution < -0.4 is 4.74 Å². The van der Waals surface area contributed by atoms with E-state index in [4.69, 9.17) is 9.47 Å². The van der Waals surface area contributed by atoms with E-state index in [2.05, 4.69) is 22.0 Å². The topological polar surface area (TPSA) is 42.2 Å². The molecule has 0 aromatic heterocycles. The predicted molar refractivity (Wildman–Crippen MR) is 67.7 cm³/mol. The van der Waals surface area contributed by atoms with Crippen LogP contribution in [-0.4, -0.2) is 13.7 Å². The maximum absolute atomic E-state index is 9.17. The van der Waals surface area contributed by atoms with Crippen LogP contribution in [0.4, 0.5) is 0 Å². The van der Waals surface area contributed by atoms with Gasteiger partial charge in [-0.2, -0.15) is 5.26 Å². The lowest BCUT2D eigenvalue weighted by Crippen LogP contribution is -2.21. The van der Waals surface area contributed by atoms with Gasteiger partial charge in [-0.3, -0.25) is 0 Å². The van der Waals surface area contributed by atoms with E-state index in [1.54, 1.807) is 7.11 Å². The van der Waals surface area contributed by atoms with Gasteiger partial charge in [0.15, 0.2) is 0 Å². The van der Waals surface area contributed by atoms with Gasteiger partial charge in [-0.05, 0) is 31.0 Å². The number of hydrogen-bond acceptors (Lipinski definition) is 3. The predicted octanol–water partition coefficient (Wildman–Crippen LogP) is 3.45. The fraction of sp³-hybridized carbons (Fsp3) is 0.462. The first-order chi connectivity index (χ1) is 8.26. The van der Waals surface area contributed by atoms with Crippen molar-refractivity contribution in [3.8, 4) is 11.8 Å². The number of methoxy groups -OCH3 is 1. The Kier molecular flexibility index (Phi) is 4.03. The monoisotopic (exact) mass is 295 g/mol. The normalized spacial score (nSPS) is 24.1. The largest absolute Gasteiger partial charge is 0.496 e. The molecule has 1 aliphatic heterocycles. The second kappa shape index (κ2) is 5.52. The van der Waals surface area contributed by atoms with Crippen molar-refractivity contribution in [1.82, 2.24) is 0 Å². The fourth-order valence-corrected chi connectivity index (χ4v) is 2.53. The van der Waals surface area contributed by atoms with Crippen molar-refractivity contribution >= 4 is 15.9 Å². The van der Waals surface area contributed by atoms with Crippen molar-refractivity contribution in [3.63, 3.8) is 0 Å². The molecule has 1 fully saturated rings. The molecule has 2 rings (SSSR count). The van der Waals surface area contributed by atoms with Gasteiger partial charge in [0.1, 0.15) is 11.9 Å². The van der Waals surface area contributed by atoms with Crippen LogP contribution in [0.15, 0.2) is 22.7 Å². The van der Waals surface area contributed by atoms with Crippen LogP contribution in [0.1, 0.15) is 24.5 Å². The van der Waals surface area contributed by atoms with E-state index in [0.717, 1.165) is 28.6 Å². The second-order valence-electron chi connectivity index (χ2n) is 4.06. The molecule has 0 N–H and O–H groups in total. The maximum atomic E-state index is 9.17. The van der Waals surface area contributed by atoms with E-state index in [1.165, 1.54) is 0 Å². The van der Waals surface area contributed by atoms with Crippen molar-refractivity contribution in [1.29, 1.82) is 5.26 Å². The lowest BCUT2D eigenvalue weighted by Gasteiger charge is -2.28. The zero-order valence-corrected chi connectivity index (χ0v) is 11.2. The second-order valence-corrected chi connectivity index (χ2v) is 4.97. The molecule has 1 aromatic carbocycles. The smallest absolute Gasteiger partial charge is 0.124 e. The fourth-order valence-electron chi connectivity index (χ4n) is 2.15. The van der Waals surface area contributed by atoms with Crippen LogP contribution in [0.2, 0.25) is 0 Å². The van der Waals surface area contributed by atoms with Gasteiger partial charge >= 0.3 is 0 Å². The SMILES string of the molecule is COc1ccc(Br)cc1C1OCCCC1C#N. The first-order valence-corrected chi connectivity index (χ1v) is 6.40. The Morgan fingerprint density at radius 2 is 2.35 bits per heavy atom. The Labute approximate surface area is 109 Å². The summed E-state index contributed by atoms with van der Waals surface area (Å²) < 4.78 is 12.0. The Morgan fingerprint density at radius 1 is 1.53 bits per heavy atom. The summed E-state index contributed by atoms with van der Waals surface area (Å²) in [4.78, 5) is 0. The van der Waals surface area contributed by atoms with Crippen LogP contribution >= 0.6 is 15.9 Å². The Hall–Kier alpha value is -1.05. The molecule has 0 aliphatic carbocycles. The van der Waals surface area contributed by atoms with E-state index < -0.39 is 0 Å². The molecule has 90 valence electrons. The van der Waals surface area contributed by atoms with Crippen LogP contribution in [0, 0.1) is 17.2 Å². The molecule has 2 atom stereocenters. The maximum Gasteiger partial charge on any atom is 0.124 e. The van der Waals surface area contributed by atoms with E-state index in [0.29, 0.717) is 6.61 Å². The summed E-state index contributed by atoms with van der Waals surface area (Å²) in [5, 5.41) is 9.17. The molecule has 0 bridgehead atoms. The lowest BCUT2D eigenvalue weighted by molar-refractivity contribution is -0.0114. The Bertz CT molecular complexity index is 442. The van der Waals surface area contributed by atoms with Gasteiger partial charge in [-0.25, -0.2) is 0 Å². The molecule has 1 aromatic rings. The van der Waals surface area contributed by atoms with Gasteiger partial charge in [-0.15, -0.1) is 0 Å². The van der Waals surface area contributed by atoms with Crippen LogP contribution in [0.5, 0.6) is 5.75 Å². The third kappa shape index (κ3) is 2.62. The quantitative estimate of drug-likeness (QED) is 0.839. The summed E-state index contributed by atoms with van der Waals surface area (Å²) in [5.74, 6) is 0.687. The van der Waals surface area contributed by atoms with Crippen LogP contribution in [0.25, 0.3) is 0 Å². The third-order valence-electron chi connectivity index (χ3n) is 2.99.